The molecule has 3 fully saturated rings. The summed E-state index contributed by atoms with van der Waals surface area (Å²) in [6.45, 7) is 9.71. The Labute approximate surface area is 175 Å². The van der Waals surface area contributed by atoms with E-state index in [4.69, 9.17) is 9.47 Å². The summed E-state index contributed by atoms with van der Waals surface area (Å²) in [6, 6.07) is 0. The van der Waals surface area contributed by atoms with Crippen LogP contribution in [0.2, 0.25) is 0 Å². The maximum Gasteiger partial charge on any atom is 0.508 e. The second-order valence-corrected chi connectivity index (χ2v) is 10.7. The average molecular weight is 403 g/mol. The molecule has 7 atom stereocenters. The first kappa shape index (κ1) is 20.9. The van der Waals surface area contributed by atoms with Crippen LogP contribution in [0.25, 0.3) is 0 Å². The van der Waals surface area contributed by atoms with Gasteiger partial charge in [-0.15, -0.1) is 0 Å². The van der Waals surface area contributed by atoms with E-state index in [9.17, 15) is 9.59 Å². The van der Waals surface area contributed by atoms with Gasteiger partial charge in [0.25, 0.3) is 0 Å². The van der Waals surface area contributed by atoms with Gasteiger partial charge in [-0.1, -0.05) is 39.7 Å². The van der Waals surface area contributed by atoms with Gasteiger partial charge in [0.05, 0.1) is 6.61 Å². The molecule has 3 unspecified atom stereocenters. The zero-order valence-corrected chi connectivity index (χ0v) is 18.7. The lowest BCUT2D eigenvalue weighted by atomic mass is 9.45. The Morgan fingerprint density at radius 2 is 1.97 bits per heavy atom. The zero-order chi connectivity index (χ0) is 20.8. The van der Waals surface area contributed by atoms with Crippen molar-refractivity contribution >= 4 is 11.9 Å². The third-order valence-corrected chi connectivity index (χ3v) is 9.18. The lowest BCUT2D eigenvalue weighted by molar-refractivity contribution is -0.120. The zero-order valence-electron chi connectivity index (χ0n) is 18.7. The van der Waals surface area contributed by atoms with Crippen molar-refractivity contribution in [1.29, 1.82) is 0 Å². The fraction of sp³-hybridized carbons (Fsp3) is 0.840. The minimum atomic E-state index is -0.480. The SMILES string of the molecule is CCCCOC(=O)O[C@H]1CCC2C3C(CC[C@@]21C)[C@@]1(C)CCC(=O)C=C1C[C@H]3C. The molecule has 0 radical (unpaired) electrons. The van der Waals surface area contributed by atoms with E-state index in [0.717, 1.165) is 44.9 Å². The van der Waals surface area contributed by atoms with Crippen LogP contribution in [0.3, 0.4) is 0 Å². The highest BCUT2D eigenvalue weighted by Gasteiger charge is 2.61. The highest BCUT2D eigenvalue weighted by Crippen LogP contribution is 2.66. The number of fused-ring (bicyclic) bond motifs is 5. The average Bonchev–Trinajstić information content (AvgIpc) is 3.00. The Morgan fingerprint density at radius 1 is 1.17 bits per heavy atom. The third-order valence-electron chi connectivity index (χ3n) is 9.18. The summed E-state index contributed by atoms with van der Waals surface area (Å²) in [4.78, 5) is 24.3. The molecule has 0 heterocycles. The van der Waals surface area contributed by atoms with Crippen molar-refractivity contribution in [1.82, 2.24) is 0 Å². The van der Waals surface area contributed by atoms with Crippen LogP contribution in [0.5, 0.6) is 0 Å². The van der Waals surface area contributed by atoms with Crippen LogP contribution in [0.1, 0.15) is 85.5 Å². The first-order chi connectivity index (χ1) is 13.8. The molecule has 0 N–H and O–H groups in total. The summed E-state index contributed by atoms with van der Waals surface area (Å²) in [5, 5.41) is 0. The Morgan fingerprint density at radius 3 is 2.72 bits per heavy atom. The van der Waals surface area contributed by atoms with E-state index in [1.54, 1.807) is 0 Å². The van der Waals surface area contributed by atoms with Crippen molar-refractivity contribution in [2.24, 2.45) is 34.5 Å². The minimum absolute atomic E-state index is 0.0209. The molecule has 0 aromatic heterocycles. The molecule has 3 saturated carbocycles. The molecule has 4 aliphatic carbocycles. The largest absolute Gasteiger partial charge is 0.508 e. The lowest BCUT2D eigenvalue weighted by Gasteiger charge is -2.59. The van der Waals surface area contributed by atoms with Crippen LogP contribution in [0, 0.1) is 34.5 Å². The van der Waals surface area contributed by atoms with Crippen LogP contribution < -0.4 is 0 Å². The van der Waals surface area contributed by atoms with Crippen LogP contribution in [-0.2, 0) is 14.3 Å². The van der Waals surface area contributed by atoms with Crippen LogP contribution in [0.15, 0.2) is 11.6 Å². The van der Waals surface area contributed by atoms with Gasteiger partial charge >= 0.3 is 6.16 Å². The molecule has 0 aromatic carbocycles. The maximum absolute atomic E-state index is 12.2. The topological polar surface area (TPSA) is 52.6 Å². The number of hydrogen-bond donors (Lipinski definition) is 0. The van der Waals surface area contributed by atoms with Crippen molar-refractivity contribution in [3.8, 4) is 0 Å². The van der Waals surface area contributed by atoms with Gasteiger partial charge in [0.1, 0.15) is 6.10 Å². The first-order valence-corrected chi connectivity index (χ1v) is 11.9. The number of allylic oxidation sites excluding steroid dienone is 1. The van der Waals surface area contributed by atoms with Crippen molar-refractivity contribution in [3.63, 3.8) is 0 Å². The summed E-state index contributed by atoms with van der Waals surface area (Å²) in [6.07, 6.45) is 10.5. The second kappa shape index (κ2) is 7.74. The second-order valence-electron chi connectivity index (χ2n) is 10.7. The monoisotopic (exact) mass is 402 g/mol. The van der Waals surface area contributed by atoms with Crippen molar-refractivity contribution in [2.45, 2.75) is 91.6 Å². The maximum atomic E-state index is 12.2. The predicted octanol–water partition coefficient (Wildman–Crippen LogP) is 6.09. The summed E-state index contributed by atoms with van der Waals surface area (Å²) in [5.74, 6) is 2.82. The molecule has 4 aliphatic rings. The number of carbonyl (C=O) groups is 2. The fourth-order valence-corrected chi connectivity index (χ4v) is 7.50. The fourth-order valence-electron chi connectivity index (χ4n) is 7.50. The molecule has 0 amide bonds. The molecular formula is C25H38O4. The Kier molecular flexibility index (Phi) is 5.59. The number of rotatable bonds is 4. The predicted molar refractivity (Wildman–Crippen MR) is 112 cm³/mol. The summed E-state index contributed by atoms with van der Waals surface area (Å²) < 4.78 is 11.2. The number of unbranched alkanes of at least 4 members (excludes halogenated alkanes) is 1. The van der Waals surface area contributed by atoms with E-state index in [0.29, 0.717) is 42.5 Å². The Balaban J connectivity index is 1.52. The van der Waals surface area contributed by atoms with Gasteiger partial charge < -0.3 is 9.47 Å². The molecular weight excluding hydrogens is 364 g/mol. The van der Waals surface area contributed by atoms with Crippen LogP contribution in [0.4, 0.5) is 4.79 Å². The van der Waals surface area contributed by atoms with E-state index in [1.165, 1.54) is 12.0 Å². The van der Waals surface area contributed by atoms with E-state index in [-0.39, 0.29) is 16.9 Å². The molecule has 4 heteroatoms. The molecule has 0 bridgehead atoms. The third kappa shape index (κ3) is 3.45. The summed E-state index contributed by atoms with van der Waals surface area (Å²) >= 11 is 0. The van der Waals surface area contributed by atoms with Gasteiger partial charge in [-0.2, -0.15) is 0 Å². The highest BCUT2D eigenvalue weighted by molar-refractivity contribution is 5.91. The number of ketones is 1. The Bertz CT molecular complexity index is 697. The summed E-state index contributed by atoms with van der Waals surface area (Å²) in [5.41, 5.74) is 1.66. The molecule has 4 nitrogen and oxygen atoms in total. The van der Waals surface area contributed by atoms with Crippen molar-refractivity contribution in [2.75, 3.05) is 6.61 Å². The van der Waals surface area contributed by atoms with Gasteiger partial charge in [-0.3, -0.25) is 4.79 Å². The van der Waals surface area contributed by atoms with E-state index in [1.807, 2.05) is 6.08 Å². The van der Waals surface area contributed by atoms with Crippen molar-refractivity contribution < 1.29 is 19.1 Å². The molecule has 0 aliphatic heterocycles. The van der Waals surface area contributed by atoms with E-state index in [2.05, 4.69) is 27.7 Å². The van der Waals surface area contributed by atoms with Gasteiger partial charge in [-0.25, -0.2) is 4.79 Å². The molecule has 4 rings (SSSR count). The van der Waals surface area contributed by atoms with Crippen LogP contribution >= 0.6 is 0 Å². The Hall–Kier alpha value is -1.32. The molecule has 0 aromatic rings. The molecule has 29 heavy (non-hydrogen) atoms. The molecule has 0 spiro atoms. The van der Waals surface area contributed by atoms with Gasteiger partial charge in [0, 0.05) is 11.8 Å². The highest BCUT2D eigenvalue weighted by atomic mass is 16.7. The number of hydrogen-bond acceptors (Lipinski definition) is 4. The summed E-state index contributed by atoms with van der Waals surface area (Å²) in [7, 11) is 0. The van der Waals surface area contributed by atoms with Crippen molar-refractivity contribution in [3.05, 3.63) is 11.6 Å². The van der Waals surface area contributed by atoms with E-state index >= 15 is 0 Å². The van der Waals surface area contributed by atoms with E-state index < -0.39 is 6.16 Å². The van der Waals surface area contributed by atoms with Gasteiger partial charge in [0.2, 0.25) is 0 Å². The normalized spacial score (nSPS) is 43.7. The first-order valence-electron chi connectivity index (χ1n) is 11.9. The lowest BCUT2D eigenvalue weighted by Crippen LogP contribution is -2.54. The number of carbonyl (C=O) groups excluding carboxylic acids is 2. The van der Waals surface area contributed by atoms with Gasteiger partial charge in [0.15, 0.2) is 5.78 Å². The van der Waals surface area contributed by atoms with Gasteiger partial charge in [-0.05, 0) is 80.1 Å². The quantitative estimate of drug-likeness (QED) is 0.422. The van der Waals surface area contributed by atoms with Crippen LogP contribution in [-0.4, -0.2) is 24.6 Å². The molecule has 0 saturated heterocycles. The number of ether oxygens (including phenoxy) is 2. The molecule has 162 valence electrons. The minimum Gasteiger partial charge on any atom is -0.434 e. The smallest absolute Gasteiger partial charge is 0.434 e. The standard InChI is InChI=1S/C25H38O4/c1-5-6-13-28-23(27)29-21-8-7-19-22-16(2)14-17-15-18(26)9-11-24(17,3)20(22)10-12-25(19,21)4/h15-16,19-22H,5-14H2,1-4H3/t16-,19?,20?,21+,22?,24+,25+/m1/s1.